The number of benzene rings is 1. The Morgan fingerprint density at radius 2 is 1.79 bits per heavy atom. The molecule has 1 heterocycles. The van der Waals surface area contributed by atoms with Gasteiger partial charge in [0, 0.05) is 17.6 Å². The Balaban J connectivity index is 1.73. The van der Waals surface area contributed by atoms with Gasteiger partial charge in [-0.05, 0) is 30.5 Å². The van der Waals surface area contributed by atoms with Crippen molar-refractivity contribution in [2.45, 2.75) is 30.1 Å². The minimum absolute atomic E-state index is 0.174. The van der Waals surface area contributed by atoms with Gasteiger partial charge in [0.15, 0.2) is 0 Å². The average molecular weight is 346 g/mol. The van der Waals surface area contributed by atoms with Crippen molar-refractivity contribution >= 4 is 26.0 Å². The molecule has 0 aromatic heterocycles. The van der Waals surface area contributed by atoms with Gasteiger partial charge in [0.25, 0.3) is 0 Å². The summed E-state index contributed by atoms with van der Waals surface area (Å²) in [4.78, 5) is 0. The fourth-order valence-corrected chi connectivity index (χ4v) is 4.94. The summed E-state index contributed by atoms with van der Waals surface area (Å²) < 4.78 is 26.7. The van der Waals surface area contributed by atoms with Crippen molar-refractivity contribution < 1.29 is 13.5 Å². The SMILES string of the molecule is O=S(=O)(C1CCC1)N1CC(O)(c2ccc(Br)cc2)C1. The second-order valence-electron chi connectivity index (χ2n) is 5.40. The smallest absolute Gasteiger partial charge is 0.217 e. The lowest BCUT2D eigenvalue weighted by atomic mass is 9.88. The average Bonchev–Trinajstić information content (AvgIpc) is 2.22. The first-order valence-corrected chi connectivity index (χ1v) is 8.69. The number of sulfonamides is 1. The van der Waals surface area contributed by atoms with Crippen molar-refractivity contribution in [1.29, 1.82) is 0 Å². The van der Waals surface area contributed by atoms with Gasteiger partial charge in [-0.25, -0.2) is 8.42 Å². The fourth-order valence-electron chi connectivity index (χ4n) is 2.54. The van der Waals surface area contributed by atoms with Gasteiger partial charge < -0.3 is 5.11 Å². The third-order valence-corrected chi connectivity index (χ3v) is 6.91. The summed E-state index contributed by atoms with van der Waals surface area (Å²) in [7, 11) is -3.19. The zero-order chi connectivity index (χ0) is 13.7. The lowest BCUT2D eigenvalue weighted by Crippen LogP contribution is -2.63. The van der Waals surface area contributed by atoms with Gasteiger partial charge in [0.05, 0.1) is 5.25 Å². The fraction of sp³-hybridized carbons (Fsp3) is 0.538. The molecule has 1 aromatic carbocycles. The number of hydrogen-bond donors (Lipinski definition) is 1. The molecule has 104 valence electrons. The van der Waals surface area contributed by atoms with Crippen LogP contribution >= 0.6 is 15.9 Å². The molecular formula is C13H16BrNO3S. The second-order valence-corrected chi connectivity index (χ2v) is 8.53. The van der Waals surface area contributed by atoms with Crippen LogP contribution in [0.5, 0.6) is 0 Å². The van der Waals surface area contributed by atoms with Crippen LogP contribution in [0.15, 0.2) is 28.7 Å². The second kappa shape index (κ2) is 4.55. The van der Waals surface area contributed by atoms with Crippen molar-refractivity contribution in [3.05, 3.63) is 34.3 Å². The maximum atomic E-state index is 12.2. The molecule has 1 saturated carbocycles. The molecule has 4 nitrogen and oxygen atoms in total. The van der Waals surface area contributed by atoms with E-state index in [2.05, 4.69) is 15.9 Å². The summed E-state index contributed by atoms with van der Waals surface area (Å²) in [5, 5.41) is 10.2. The van der Waals surface area contributed by atoms with Gasteiger partial charge >= 0.3 is 0 Å². The van der Waals surface area contributed by atoms with Gasteiger partial charge in [-0.1, -0.05) is 34.5 Å². The predicted octanol–water partition coefficient (Wildman–Crippen LogP) is 1.83. The van der Waals surface area contributed by atoms with Gasteiger partial charge in [-0.2, -0.15) is 4.31 Å². The highest BCUT2D eigenvalue weighted by Gasteiger charge is 2.50. The molecule has 1 aliphatic carbocycles. The van der Waals surface area contributed by atoms with Gasteiger partial charge in [-0.3, -0.25) is 0 Å². The molecule has 6 heteroatoms. The van der Waals surface area contributed by atoms with Crippen LogP contribution in [-0.4, -0.2) is 36.2 Å². The lowest BCUT2D eigenvalue weighted by Gasteiger charge is -2.47. The van der Waals surface area contributed by atoms with E-state index >= 15 is 0 Å². The molecule has 3 rings (SSSR count). The van der Waals surface area contributed by atoms with Gasteiger partial charge in [0.2, 0.25) is 10.0 Å². The van der Waals surface area contributed by atoms with Crippen molar-refractivity contribution in [2.75, 3.05) is 13.1 Å². The Morgan fingerprint density at radius 1 is 1.21 bits per heavy atom. The molecule has 1 aliphatic heterocycles. The first-order chi connectivity index (χ1) is 8.92. The molecule has 1 aromatic rings. The van der Waals surface area contributed by atoms with E-state index in [9.17, 15) is 13.5 Å². The van der Waals surface area contributed by atoms with Crippen LogP contribution in [0, 0.1) is 0 Å². The third kappa shape index (κ3) is 2.24. The standard InChI is InChI=1S/C13H16BrNO3S/c14-11-6-4-10(5-7-11)13(16)8-15(9-13)19(17,18)12-2-1-3-12/h4-7,12,16H,1-3,8-9H2. The summed E-state index contributed by atoms with van der Waals surface area (Å²) in [5.74, 6) is 0. The Bertz CT molecular complexity index is 574. The lowest BCUT2D eigenvalue weighted by molar-refractivity contribution is -0.0655. The van der Waals surface area contributed by atoms with Crippen LogP contribution in [0.1, 0.15) is 24.8 Å². The Kier molecular flexibility index (Phi) is 3.24. The summed E-state index contributed by atoms with van der Waals surface area (Å²) in [6, 6.07) is 7.38. The number of nitrogens with zero attached hydrogens (tertiary/aromatic N) is 1. The van der Waals surface area contributed by atoms with Crippen molar-refractivity contribution in [2.24, 2.45) is 0 Å². The maximum absolute atomic E-state index is 12.2. The Hall–Kier alpha value is -0.430. The Morgan fingerprint density at radius 3 is 2.26 bits per heavy atom. The van der Waals surface area contributed by atoms with E-state index in [1.54, 1.807) is 0 Å². The van der Waals surface area contributed by atoms with Crippen LogP contribution < -0.4 is 0 Å². The maximum Gasteiger partial charge on any atom is 0.217 e. The van der Waals surface area contributed by atoms with Gasteiger partial charge in [0.1, 0.15) is 5.60 Å². The highest BCUT2D eigenvalue weighted by molar-refractivity contribution is 9.10. The molecule has 1 saturated heterocycles. The Labute approximate surface area is 121 Å². The minimum atomic E-state index is -3.19. The normalized spacial score (nSPS) is 23.7. The predicted molar refractivity (Wildman–Crippen MR) is 76.2 cm³/mol. The number of hydrogen-bond acceptors (Lipinski definition) is 3. The highest BCUT2D eigenvalue weighted by atomic mass is 79.9. The van der Waals surface area contributed by atoms with Crippen molar-refractivity contribution in [3.63, 3.8) is 0 Å². The molecule has 19 heavy (non-hydrogen) atoms. The van der Waals surface area contributed by atoms with E-state index in [1.807, 2.05) is 24.3 Å². The minimum Gasteiger partial charge on any atom is -0.382 e. The molecule has 0 unspecified atom stereocenters. The van der Waals surface area contributed by atoms with E-state index < -0.39 is 15.6 Å². The number of rotatable bonds is 3. The quantitative estimate of drug-likeness (QED) is 0.909. The van der Waals surface area contributed by atoms with E-state index in [1.165, 1.54) is 4.31 Å². The van der Waals surface area contributed by atoms with Crippen LogP contribution in [-0.2, 0) is 15.6 Å². The zero-order valence-corrected chi connectivity index (χ0v) is 12.8. The molecule has 2 aliphatic rings. The number of β-amino-alcohol motifs (C(OH)–C–C–N with tert-alkyl or cyclic N) is 1. The van der Waals surface area contributed by atoms with Crippen LogP contribution in [0.2, 0.25) is 0 Å². The van der Waals surface area contributed by atoms with E-state index in [0.717, 1.165) is 29.3 Å². The zero-order valence-electron chi connectivity index (χ0n) is 10.4. The number of aliphatic hydroxyl groups is 1. The molecule has 0 bridgehead atoms. The van der Waals surface area contributed by atoms with Crippen LogP contribution in [0.4, 0.5) is 0 Å². The summed E-state index contributed by atoms with van der Waals surface area (Å²) in [6.07, 6.45) is 2.51. The van der Waals surface area contributed by atoms with E-state index in [0.29, 0.717) is 0 Å². The molecule has 0 radical (unpaired) electrons. The summed E-state index contributed by atoms with van der Waals surface area (Å²) in [5.41, 5.74) is -0.256. The molecule has 0 amide bonds. The first kappa shape index (κ1) is 13.5. The molecule has 0 spiro atoms. The topological polar surface area (TPSA) is 57.6 Å². The molecule has 0 atom stereocenters. The largest absolute Gasteiger partial charge is 0.382 e. The van der Waals surface area contributed by atoms with Gasteiger partial charge in [-0.15, -0.1) is 0 Å². The van der Waals surface area contributed by atoms with Crippen molar-refractivity contribution in [3.8, 4) is 0 Å². The van der Waals surface area contributed by atoms with Crippen LogP contribution in [0.25, 0.3) is 0 Å². The molecule has 1 N–H and O–H groups in total. The monoisotopic (exact) mass is 345 g/mol. The molecular weight excluding hydrogens is 330 g/mol. The highest BCUT2D eigenvalue weighted by Crippen LogP contribution is 2.38. The van der Waals surface area contributed by atoms with Crippen LogP contribution in [0.3, 0.4) is 0 Å². The number of halogens is 1. The van der Waals surface area contributed by atoms with E-state index in [4.69, 9.17) is 0 Å². The third-order valence-electron chi connectivity index (χ3n) is 4.09. The first-order valence-electron chi connectivity index (χ1n) is 6.39. The summed E-state index contributed by atoms with van der Waals surface area (Å²) in [6.45, 7) is 0.348. The summed E-state index contributed by atoms with van der Waals surface area (Å²) >= 11 is 3.34. The van der Waals surface area contributed by atoms with Crippen molar-refractivity contribution in [1.82, 2.24) is 4.31 Å². The molecule has 2 fully saturated rings. The van der Waals surface area contributed by atoms with E-state index in [-0.39, 0.29) is 18.3 Å².